The Balaban J connectivity index is 2.61. The molecule has 1 aromatic heterocycles. The lowest BCUT2D eigenvalue weighted by Crippen LogP contribution is -2.05. The molecule has 0 saturated heterocycles. The van der Waals surface area contributed by atoms with Gasteiger partial charge in [0.25, 0.3) is 6.43 Å². The van der Waals surface area contributed by atoms with Crippen molar-refractivity contribution in [1.29, 1.82) is 0 Å². The van der Waals surface area contributed by atoms with Crippen molar-refractivity contribution < 1.29 is 8.78 Å². The van der Waals surface area contributed by atoms with E-state index in [0.29, 0.717) is 11.3 Å². The first-order valence-electron chi connectivity index (χ1n) is 4.67. The Morgan fingerprint density at radius 2 is 2.07 bits per heavy atom. The highest BCUT2D eigenvalue weighted by atomic mass is 19.3. The number of nitrogen functional groups attached to an aromatic ring is 1. The lowest BCUT2D eigenvalue weighted by Gasteiger charge is -2.11. The van der Waals surface area contributed by atoms with Crippen LogP contribution in [0.1, 0.15) is 35.4 Å². The Morgan fingerprint density at radius 1 is 1.36 bits per heavy atom. The van der Waals surface area contributed by atoms with Crippen molar-refractivity contribution in [1.82, 2.24) is 4.98 Å². The van der Waals surface area contributed by atoms with Crippen molar-refractivity contribution in [3.63, 3.8) is 0 Å². The van der Waals surface area contributed by atoms with Crippen molar-refractivity contribution in [3.8, 4) is 0 Å². The van der Waals surface area contributed by atoms with E-state index < -0.39 is 6.43 Å². The number of halogens is 2. The van der Waals surface area contributed by atoms with Crippen molar-refractivity contribution in [2.24, 2.45) is 0 Å². The first-order valence-corrected chi connectivity index (χ1v) is 4.67. The molecule has 0 aliphatic heterocycles. The minimum Gasteiger partial charge on any atom is -0.398 e. The van der Waals surface area contributed by atoms with Crippen LogP contribution < -0.4 is 5.73 Å². The molecule has 0 bridgehead atoms. The quantitative estimate of drug-likeness (QED) is 0.752. The summed E-state index contributed by atoms with van der Waals surface area (Å²) in [5.41, 5.74) is 8.36. The summed E-state index contributed by atoms with van der Waals surface area (Å²) in [7, 11) is 0. The van der Waals surface area contributed by atoms with Crippen LogP contribution in [0.15, 0.2) is 0 Å². The second-order valence-corrected chi connectivity index (χ2v) is 3.62. The Morgan fingerprint density at radius 3 is 2.71 bits per heavy atom. The monoisotopic (exact) mass is 198 g/mol. The van der Waals surface area contributed by atoms with E-state index >= 15 is 0 Å². The molecule has 2 rings (SSSR count). The maximum Gasteiger partial charge on any atom is 0.280 e. The zero-order chi connectivity index (χ0) is 10.3. The van der Waals surface area contributed by atoms with E-state index in [-0.39, 0.29) is 5.69 Å². The lowest BCUT2D eigenvalue weighted by atomic mass is 10.1. The van der Waals surface area contributed by atoms with E-state index in [1.165, 1.54) is 0 Å². The largest absolute Gasteiger partial charge is 0.398 e. The topological polar surface area (TPSA) is 38.9 Å². The molecule has 0 radical (unpaired) electrons. The SMILES string of the molecule is Cc1c(C(F)F)nc2c(c1N)CCC2. The highest BCUT2D eigenvalue weighted by molar-refractivity contribution is 5.58. The van der Waals surface area contributed by atoms with Gasteiger partial charge < -0.3 is 5.73 Å². The maximum atomic E-state index is 12.6. The van der Waals surface area contributed by atoms with Gasteiger partial charge in [-0.15, -0.1) is 0 Å². The van der Waals surface area contributed by atoms with E-state index in [0.717, 1.165) is 30.5 Å². The van der Waals surface area contributed by atoms with E-state index in [2.05, 4.69) is 4.98 Å². The molecule has 1 aliphatic rings. The van der Waals surface area contributed by atoms with Crippen LogP contribution in [0.2, 0.25) is 0 Å². The third-order valence-corrected chi connectivity index (χ3v) is 2.76. The fraction of sp³-hybridized carbons (Fsp3) is 0.500. The number of nitrogens with two attached hydrogens (primary N) is 1. The average Bonchev–Trinajstić information content (AvgIpc) is 2.58. The van der Waals surface area contributed by atoms with Gasteiger partial charge in [0.1, 0.15) is 5.69 Å². The second kappa shape index (κ2) is 3.19. The first kappa shape index (κ1) is 9.37. The third kappa shape index (κ3) is 1.25. The summed E-state index contributed by atoms with van der Waals surface area (Å²) in [6, 6.07) is 0. The van der Waals surface area contributed by atoms with Gasteiger partial charge in [-0.2, -0.15) is 0 Å². The highest BCUT2D eigenvalue weighted by Crippen LogP contribution is 2.33. The van der Waals surface area contributed by atoms with Crippen LogP contribution in [0.4, 0.5) is 14.5 Å². The lowest BCUT2D eigenvalue weighted by molar-refractivity contribution is 0.145. The molecule has 1 aromatic rings. The smallest absolute Gasteiger partial charge is 0.280 e. The van der Waals surface area contributed by atoms with E-state index in [1.807, 2.05) is 0 Å². The van der Waals surface area contributed by atoms with Gasteiger partial charge in [0.15, 0.2) is 0 Å². The second-order valence-electron chi connectivity index (χ2n) is 3.62. The molecular formula is C10H12F2N2. The minimum absolute atomic E-state index is 0.150. The van der Waals surface area contributed by atoms with Gasteiger partial charge >= 0.3 is 0 Å². The van der Waals surface area contributed by atoms with Crippen LogP contribution >= 0.6 is 0 Å². The number of aryl methyl sites for hydroxylation is 1. The predicted molar refractivity (Wildman–Crippen MR) is 50.4 cm³/mol. The summed E-state index contributed by atoms with van der Waals surface area (Å²) in [6.45, 7) is 1.61. The molecule has 0 aromatic carbocycles. The molecule has 0 atom stereocenters. The molecule has 0 spiro atoms. The Bertz CT molecular complexity index is 375. The minimum atomic E-state index is -2.52. The molecule has 0 amide bonds. The molecule has 2 N–H and O–H groups in total. The number of fused-ring (bicyclic) bond motifs is 1. The molecule has 1 aliphatic carbocycles. The predicted octanol–water partition coefficient (Wildman–Crippen LogP) is 2.40. The van der Waals surface area contributed by atoms with Crippen molar-refractivity contribution in [3.05, 3.63) is 22.5 Å². The average molecular weight is 198 g/mol. The highest BCUT2D eigenvalue weighted by Gasteiger charge is 2.22. The molecule has 14 heavy (non-hydrogen) atoms. The number of aromatic nitrogens is 1. The van der Waals surface area contributed by atoms with Crippen molar-refractivity contribution >= 4 is 5.69 Å². The fourth-order valence-corrected chi connectivity index (χ4v) is 1.95. The Labute approximate surface area is 81.1 Å². The summed E-state index contributed by atoms with van der Waals surface area (Å²) >= 11 is 0. The number of anilines is 1. The number of hydrogen-bond acceptors (Lipinski definition) is 2. The van der Waals surface area contributed by atoms with E-state index in [4.69, 9.17) is 5.73 Å². The standard InChI is InChI=1S/C10H12F2N2/c1-5-8(13)6-3-2-4-7(6)14-9(5)10(11)12/h10H,2-4H2,1H3,(H2,13,14). The van der Waals surface area contributed by atoms with Crippen molar-refractivity contribution in [2.45, 2.75) is 32.6 Å². The number of hydrogen-bond donors (Lipinski definition) is 1. The summed E-state index contributed by atoms with van der Waals surface area (Å²) in [6.07, 6.45) is 0.0969. The van der Waals surface area contributed by atoms with Crippen LogP contribution in [-0.2, 0) is 12.8 Å². The Hall–Kier alpha value is -1.19. The molecule has 2 nitrogen and oxygen atoms in total. The molecule has 0 saturated carbocycles. The van der Waals surface area contributed by atoms with Gasteiger partial charge in [0.2, 0.25) is 0 Å². The van der Waals surface area contributed by atoms with E-state index in [1.54, 1.807) is 6.92 Å². The van der Waals surface area contributed by atoms with Gasteiger partial charge in [-0.05, 0) is 37.3 Å². The van der Waals surface area contributed by atoms with Crippen LogP contribution in [-0.4, -0.2) is 4.98 Å². The third-order valence-electron chi connectivity index (χ3n) is 2.76. The molecular weight excluding hydrogens is 186 g/mol. The number of rotatable bonds is 1. The van der Waals surface area contributed by atoms with Crippen LogP contribution in [0.25, 0.3) is 0 Å². The van der Waals surface area contributed by atoms with Crippen LogP contribution in [0.5, 0.6) is 0 Å². The normalized spacial score (nSPS) is 14.9. The maximum absolute atomic E-state index is 12.6. The van der Waals surface area contributed by atoms with Gasteiger partial charge in [-0.3, -0.25) is 4.98 Å². The van der Waals surface area contributed by atoms with Gasteiger partial charge in [-0.1, -0.05) is 0 Å². The van der Waals surface area contributed by atoms with Gasteiger partial charge in [-0.25, -0.2) is 8.78 Å². The summed E-state index contributed by atoms with van der Waals surface area (Å²) < 4.78 is 25.1. The first-order chi connectivity index (χ1) is 6.61. The number of nitrogens with zero attached hydrogens (tertiary/aromatic N) is 1. The molecule has 1 heterocycles. The van der Waals surface area contributed by atoms with Crippen LogP contribution in [0, 0.1) is 6.92 Å². The van der Waals surface area contributed by atoms with Gasteiger partial charge in [0.05, 0.1) is 0 Å². The molecule has 4 heteroatoms. The van der Waals surface area contributed by atoms with Gasteiger partial charge in [0, 0.05) is 11.4 Å². The molecule has 0 fully saturated rings. The number of alkyl halides is 2. The number of pyridine rings is 1. The molecule has 0 unspecified atom stereocenters. The zero-order valence-electron chi connectivity index (χ0n) is 7.98. The van der Waals surface area contributed by atoms with E-state index in [9.17, 15) is 8.78 Å². The fourth-order valence-electron chi connectivity index (χ4n) is 1.95. The zero-order valence-corrected chi connectivity index (χ0v) is 7.98. The summed E-state index contributed by atoms with van der Waals surface area (Å²) in [5, 5.41) is 0. The van der Waals surface area contributed by atoms with Crippen molar-refractivity contribution in [2.75, 3.05) is 5.73 Å². The van der Waals surface area contributed by atoms with Crippen LogP contribution in [0.3, 0.4) is 0 Å². The molecule has 76 valence electrons. The Kier molecular flexibility index (Phi) is 2.13. The summed E-state index contributed by atoms with van der Waals surface area (Å²) in [5.74, 6) is 0. The summed E-state index contributed by atoms with van der Waals surface area (Å²) in [4.78, 5) is 3.98.